The number of aliphatic carboxylic acids is 1. The molecule has 1 rings (SSSR count). The minimum Gasteiger partial charge on any atom is -0.480 e. The van der Waals surface area contributed by atoms with Gasteiger partial charge in [0.1, 0.15) is 6.04 Å². The van der Waals surface area contributed by atoms with Gasteiger partial charge in [-0.25, -0.2) is 0 Å². The van der Waals surface area contributed by atoms with Crippen molar-refractivity contribution >= 4 is 5.97 Å². The highest BCUT2D eigenvalue weighted by Crippen LogP contribution is 2.25. The predicted molar refractivity (Wildman–Crippen MR) is 71.7 cm³/mol. The molecule has 1 saturated carbocycles. The Morgan fingerprint density at radius 2 is 2.06 bits per heavy atom. The van der Waals surface area contributed by atoms with Crippen molar-refractivity contribution < 1.29 is 14.6 Å². The average Bonchev–Trinajstić information content (AvgIpc) is 2.35. The monoisotopic (exact) mass is 257 g/mol. The van der Waals surface area contributed by atoms with Crippen molar-refractivity contribution in [3.8, 4) is 0 Å². The van der Waals surface area contributed by atoms with Gasteiger partial charge < -0.3 is 15.2 Å². The standard InChI is InChI=1S/C14H27NO3/c1-3-9-15-13(14(16)17)8-10-18-12-6-4-11(2)5-7-12/h11-13,15H,3-10H2,1-2H3,(H,16,17). The second-order valence-corrected chi connectivity index (χ2v) is 5.39. The number of carboxylic acid groups (broad SMARTS) is 1. The van der Waals surface area contributed by atoms with Crippen LogP contribution in [0, 0.1) is 5.92 Å². The van der Waals surface area contributed by atoms with E-state index in [0.29, 0.717) is 19.1 Å². The highest BCUT2D eigenvalue weighted by atomic mass is 16.5. The lowest BCUT2D eigenvalue weighted by Gasteiger charge is -2.26. The van der Waals surface area contributed by atoms with Crippen LogP contribution in [-0.4, -0.2) is 36.4 Å². The van der Waals surface area contributed by atoms with Crippen molar-refractivity contribution in [2.24, 2.45) is 5.92 Å². The lowest BCUT2D eigenvalue weighted by atomic mass is 9.89. The van der Waals surface area contributed by atoms with Crippen LogP contribution < -0.4 is 5.32 Å². The van der Waals surface area contributed by atoms with Gasteiger partial charge >= 0.3 is 5.97 Å². The van der Waals surface area contributed by atoms with E-state index in [-0.39, 0.29) is 0 Å². The molecule has 0 aromatic heterocycles. The van der Waals surface area contributed by atoms with Crippen LogP contribution in [0.2, 0.25) is 0 Å². The molecule has 0 aromatic rings. The summed E-state index contributed by atoms with van der Waals surface area (Å²) < 4.78 is 5.79. The van der Waals surface area contributed by atoms with Gasteiger partial charge in [0, 0.05) is 6.61 Å². The number of carbonyl (C=O) groups is 1. The molecule has 0 radical (unpaired) electrons. The zero-order valence-corrected chi connectivity index (χ0v) is 11.7. The Bertz CT molecular complexity index is 237. The Kier molecular flexibility index (Phi) is 7.28. The second-order valence-electron chi connectivity index (χ2n) is 5.39. The van der Waals surface area contributed by atoms with E-state index < -0.39 is 12.0 Å². The SMILES string of the molecule is CCCNC(CCOC1CCC(C)CC1)C(=O)O. The van der Waals surface area contributed by atoms with Crippen molar-refractivity contribution in [1.82, 2.24) is 5.32 Å². The maximum absolute atomic E-state index is 11.0. The summed E-state index contributed by atoms with van der Waals surface area (Å²) in [7, 11) is 0. The fraction of sp³-hybridized carbons (Fsp3) is 0.929. The molecule has 0 aliphatic heterocycles. The van der Waals surface area contributed by atoms with Gasteiger partial charge in [0.2, 0.25) is 0 Å². The summed E-state index contributed by atoms with van der Waals surface area (Å²) >= 11 is 0. The van der Waals surface area contributed by atoms with Crippen molar-refractivity contribution in [2.45, 2.75) is 64.5 Å². The van der Waals surface area contributed by atoms with Crippen LogP contribution in [0.1, 0.15) is 52.4 Å². The minimum atomic E-state index is -0.774. The summed E-state index contributed by atoms with van der Waals surface area (Å²) in [6.07, 6.45) is 6.58. The summed E-state index contributed by atoms with van der Waals surface area (Å²) in [4.78, 5) is 11.0. The van der Waals surface area contributed by atoms with Gasteiger partial charge in [-0.1, -0.05) is 13.8 Å². The normalized spacial score (nSPS) is 25.9. The molecule has 0 bridgehead atoms. The Labute approximate surface area is 110 Å². The molecule has 4 nitrogen and oxygen atoms in total. The minimum absolute atomic E-state index is 0.349. The van der Waals surface area contributed by atoms with Gasteiger partial charge in [0.05, 0.1) is 6.10 Å². The molecule has 1 aliphatic carbocycles. The molecule has 0 aromatic carbocycles. The second kappa shape index (κ2) is 8.48. The van der Waals surface area contributed by atoms with E-state index in [0.717, 1.165) is 31.7 Å². The smallest absolute Gasteiger partial charge is 0.320 e. The van der Waals surface area contributed by atoms with Gasteiger partial charge in [0.25, 0.3) is 0 Å². The number of rotatable bonds is 8. The van der Waals surface area contributed by atoms with Crippen molar-refractivity contribution in [3.05, 3.63) is 0 Å². The topological polar surface area (TPSA) is 58.6 Å². The zero-order chi connectivity index (χ0) is 13.4. The maximum atomic E-state index is 11.0. The molecule has 18 heavy (non-hydrogen) atoms. The molecule has 0 saturated heterocycles. The van der Waals surface area contributed by atoms with E-state index in [2.05, 4.69) is 12.2 Å². The number of hydrogen-bond donors (Lipinski definition) is 2. The third kappa shape index (κ3) is 5.83. The van der Waals surface area contributed by atoms with Crippen molar-refractivity contribution in [3.63, 3.8) is 0 Å². The zero-order valence-electron chi connectivity index (χ0n) is 11.7. The van der Waals surface area contributed by atoms with E-state index >= 15 is 0 Å². The first kappa shape index (κ1) is 15.4. The highest BCUT2D eigenvalue weighted by molar-refractivity contribution is 5.73. The quantitative estimate of drug-likeness (QED) is 0.701. The predicted octanol–water partition coefficient (Wildman–Crippen LogP) is 2.42. The van der Waals surface area contributed by atoms with Crippen LogP contribution in [-0.2, 0) is 9.53 Å². The van der Waals surface area contributed by atoms with Crippen LogP contribution in [0.5, 0.6) is 0 Å². The third-order valence-electron chi connectivity index (χ3n) is 3.66. The Balaban J connectivity index is 2.16. The fourth-order valence-corrected chi connectivity index (χ4v) is 2.38. The van der Waals surface area contributed by atoms with Crippen LogP contribution in [0.15, 0.2) is 0 Å². The van der Waals surface area contributed by atoms with E-state index in [1.54, 1.807) is 0 Å². The van der Waals surface area contributed by atoms with E-state index in [1.165, 1.54) is 12.8 Å². The van der Waals surface area contributed by atoms with Crippen LogP contribution in [0.25, 0.3) is 0 Å². The van der Waals surface area contributed by atoms with Crippen molar-refractivity contribution in [1.29, 1.82) is 0 Å². The summed E-state index contributed by atoms with van der Waals surface area (Å²) in [5, 5.41) is 12.1. The Hall–Kier alpha value is -0.610. The largest absolute Gasteiger partial charge is 0.480 e. The van der Waals surface area contributed by atoms with Gasteiger partial charge in [-0.2, -0.15) is 0 Å². The summed E-state index contributed by atoms with van der Waals surface area (Å²) in [5.41, 5.74) is 0. The molecule has 1 fully saturated rings. The molecule has 2 N–H and O–H groups in total. The first-order chi connectivity index (χ1) is 8.63. The third-order valence-corrected chi connectivity index (χ3v) is 3.66. The molecule has 106 valence electrons. The molecule has 1 aliphatic rings. The summed E-state index contributed by atoms with van der Waals surface area (Å²) in [6, 6.07) is -0.465. The molecular formula is C14H27NO3. The lowest BCUT2D eigenvalue weighted by molar-refractivity contribution is -0.140. The van der Waals surface area contributed by atoms with E-state index in [4.69, 9.17) is 9.84 Å². The number of nitrogens with one attached hydrogen (secondary N) is 1. The van der Waals surface area contributed by atoms with Crippen molar-refractivity contribution in [2.75, 3.05) is 13.2 Å². The van der Waals surface area contributed by atoms with Gasteiger partial charge in [-0.05, 0) is 51.0 Å². The van der Waals surface area contributed by atoms with Crippen LogP contribution in [0.4, 0.5) is 0 Å². The lowest BCUT2D eigenvalue weighted by Crippen LogP contribution is -2.38. The average molecular weight is 257 g/mol. The number of hydrogen-bond acceptors (Lipinski definition) is 3. The summed E-state index contributed by atoms with van der Waals surface area (Å²) in [6.45, 7) is 5.61. The highest BCUT2D eigenvalue weighted by Gasteiger charge is 2.20. The fourth-order valence-electron chi connectivity index (χ4n) is 2.38. The molecule has 0 amide bonds. The Morgan fingerprint density at radius 3 is 2.61 bits per heavy atom. The van der Waals surface area contributed by atoms with E-state index in [9.17, 15) is 4.79 Å². The van der Waals surface area contributed by atoms with Gasteiger partial charge in [-0.3, -0.25) is 4.79 Å². The summed E-state index contributed by atoms with van der Waals surface area (Å²) in [5.74, 6) is 0.0483. The van der Waals surface area contributed by atoms with Crippen LogP contribution in [0.3, 0.4) is 0 Å². The first-order valence-electron chi connectivity index (χ1n) is 7.21. The number of ether oxygens (including phenoxy) is 1. The maximum Gasteiger partial charge on any atom is 0.320 e. The number of carboxylic acids is 1. The first-order valence-corrected chi connectivity index (χ1v) is 7.21. The molecule has 0 spiro atoms. The molecular weight excluding hydrogens is 230 g/mol. The van der Waals surface area contributed by atoms with Gasteiger partial charge in [0.15, 0.2) is 0 Å². The molecule has 1 atom stereocenters. The van der Waals surface area contributed by atoms with Gasteiger partial charge in [-0.15, -0.1) is 0 Å². The molecule has 0 heterocycles. The molecule has 1 unspecified atom stereocenters. The van der Waals surface area contributed by atoms with Crippen LogP contribution >= 0.6 is 0 Å². The van der Waals surface area contributed by atoms with E-state index in [1.807, 2.05) is 6.92 Å². The molecule has 4 heteroatoms. The Morgan fingerprint density at radius 1 is 1.39 bits per heavy atom.